The molecular formula is C14H23NO2. The second-order valence-electron chi connectivity index (χ2n) is 4.24. The second kappa shape index (κ2) is 7.96. The smallest absolute Gasteiger partial charge is 0.117 e. The molecule has 0 unspecified atom stereocenters. The van der Waals surface area contributed by atoms with Crippen molar-refractivity contribution in [1.29, 1.82) is 0 Å². The summed E-state index contributed by atoms with van der Waals surface area (Å²) in [6, 6.07) is 7.39. The van der Waals surface area contributed by atoms with Gasteiger partial charge in [-0.25, -0.2) is 0 Å². The largest absolute Gasteiger partial charge is 0.508 e. The number of aromatic hydroxyl groups is 1. The first-order chi connectivity index (χ1) is 8.27. The van der Waals surface area contributed by atoms with Crippen molar-refractivity contribution in [3.63, 3.8) is 0 Å². The zero-order valence-electron chi connectivity index (χ0n) is 10.6. The van der Waals surface area contributed by atoms with Gasteiger partial charge in [-0.3, -0.25) is 0 Å². The van der Waals surface area contributed by atoms with Crippen LogP contribution < -0.4 is 4.90 Å². The van der Waals surface area contributed by atoms with Gasteiger partial charge in [0.2, 0.25) is 0 Å². The van der Waals surface area contributed by atoms with E-state index in [9.17, 15) is 5.11 Å². The molecule has 0 spiro atoms. The van der Waals surface area contributed by atoms with E-state index in [1.165, 1.54) is 0 Å². The van der Waals surface area contributed by atoms with Crippen LogP contribution >= 0.6 is 0 Å². The van der Waals surface area contributed by atoms with Gasteiger partial charge in [0.15, 0.2) is 0 Å². The number of nitrogens with zero attached hydrogens (tertiary/aromatic N) is 1. The van der Waals surface area contributed by atoms with Gasteiger partial charge in [0.05, 0.1) is 0 Å². The molecular weight excluding hydrogens is 214 g/mol. The molecule has 3 nitrogen and oxygen atoms in total. The standard InChI is InChI=1S/C14H23NO2/c1-2-15(10-5-3-4-6-11-16)13-8-7-9-14(17)12-13/h7-9,12,16-17H,2-6,10-11H2,1H3. The van der Waals surface area contributed by atoms with Gasteiger partial charge in [-0.1, -0.05) is 18.9 Å². The molecule has 0 bridgehead atoms. The Balaban J connectivity index is 2.38. The lowest BCUT2D eigenvalue weighted by atomic mass is 10.2. The highest BCUT2D eigenvalue weighted by atomic mass is 16.3. The maximum absolute atomic E-state index is 9.44. The molecule has 1 rings (SSSR count). The van der Waals surface area contributed by atoms with Crippen LogP contribution in [-0.2, 0) is 0 Å². The normalized spacial score (nSPS) is 10.5. The molecule has 1 aromatic rings. The summed E-state index contributed by atoms with van der Waals surface area (Å²) in [4.78, 5) is 2.26. The van der Waals surface area contributed by atoms with Crippen molar-refractivity contribution in [2.45, 2.75) is 32.6 Å². The Labute approximate surface area is 104 Å². The number of anilines is 1. The van der Waals surface area contributed by atoms with Crippen LogP contribution in [-0.4, -0.2) is 29.9 Å². The molecule has 0 aliphatic rings. The van der Waals surface area contributed by atoms with Crippen LogP contribution in [0.5, 0.6) is 5.75 Å². The monoisotopic (exact) mass is 237 g/mol. The first-order valence-electron chi connectivity index (χ1n) is 6.42. The molecule has 0 amide bonds. The van der Waals surface area contributed by atoms with E-state index in [-0.39, 0.29) is 0 Å². The molecule has 96 valence electrons. The summed E-state index contributed by atoms with van der Waals surface area (Å²) in [5.74, 6) is 0.321. The third kappa shape index (κ3) is 5.09. The molecule has 3 heteroatoms. The Morgan fingerprint density at radius 2 is 1.88 bits per heavy atom. The fourth-order valence-corrected chi connectivity index (χ4v) is 1.93. The number of benzene rings is 1. The summed E-state index contributed by atoms with van der Waals surface area (Å²) < 4.78 is 0. The van der Waals surface area contributed by atoms with Crippen LogP contribution in [0.4, 0.5) is 5.69 Å². The van der Waals surface area contributed by atoms with E-state index in [1.54, 1.807) is 12.1 Å². The highest BCUT2D eigenvalue weighted by molar-refractivity contribution is 5.50. The number of rotatable bonds is 8. The van der Waals surface area contributed by atoms with Crippen LogP contribution in [0, 0.1) is 0 Å². The summed E-state index contributed by atoms with van der Waals surface area (Å²) in [5, 5.41) is 18.1. The van der Waals surface area contributed by atoms with Crippen molar-refractivity contribution >= 4 is 5.69 Å². The fraction of sp³-hybridized carbons (Fsp3) is 0.571. The molecule has 0 radical (unpaired) electrons. The van der Waals surface area contributed by atoms with Gasteiger partial charge in [-0.2, -0.15) is 0 Å². The zero-order chi connectivity index (χ0) is 12.5. The Morgan fingerprint density at radius 1 is 1.12 bits per heavy atom. The molecule has 17 heavy (non-hydrogen) atoms. The molecule has 0 atom stereocenters. The van der Waals surface area contributed by atoms with Crippen molar-refractivity contribution in [3.05, 3.63) is 24.3 Å². The first kappa shape index (κ1) is 13.8. The number of aliphatic hydroxyl groups excluding tert-OH is 1. The lowest BCUT2D eigenvalue weighted by Gasteiger charge is -2.23. The number of aliphatic hydroxyl groups is 1. The predicted molar refractivity (Wildman–Crippen MR) is 71.5 cm³/mol. The molecule has 0 aliphatic carbocycles. The summed E-state index contributed by atoms with van der Waals surface area (Å²) >= 11 is 0. The summed E-state index contributed by atoms with van der Waals surface area (Å²) in [6.07, 6.45) is 4.27. The summed E-state index contributed by atoms with van der Waals surface area (Å²) in [5.41, 5.74) is 1.08. The Kier molecular flexibility index (Phi) is 6.48. The third-order valence-corrected chi connectivity index (χ3v) is 2.91. The minimum absolute atomic E-state index is 0.296. The third-order valence-electron chi connectivity index (χ3n) is 2.91. The lowest BCUT2D eigenvalue weighted by molar-refractivity contribution is 0.282. The minimum atomic E-state index is 0.296. The molecule has 1 aromatic carbocycles. The van der Waals surface area contributed by atoms with E-state index in [4.69, 9.17) is 5.11 Å². The number of unbranched alkanes of at least 4 members (excludes halogenated alkanes) is 3. The zero-order valence-corrected chi connectivity index (χ0v) is 10.6. The maximum atomic E-state index is 9.44. The maximum Gasteiger partial charge on any atom is 0.117 e. The van der Waals surface area contributed by atoms with Crippen LogP contribution in [0.2, 0.25) is 0 Å². The van der Waals surface area contributed by atoms with Gasteiger partial charge >= 0.3 is 0 Å². The number of phenols is 1. The van der Waals surface area contributed by atoms with Gasteiger partial charge in [0, 0.05) is 31.5 Å². The molecule has 0 saturated carbocycles. The second-order valence-corrected chi connectivity index (χ2v) is 4.24. The number of hydrogen-bond donors (Lipinski definition) is 2. The molecule has 0 aliphatic heterocycles. The van der Waals surface area contributed by atoms with E-state index in [1.807, 2.05) is 12.1 Å². The van der Waals surface area contributed by atoms with Gasteiger partial charge in [0.25, 0.3) is 0 Å². The first-order valence-corrected chi connectivity index (χ1v) is 6.42. The van der Waals surface area contributed by atoms with E-state index < -0.39 is 0 Å². The quantitative estimate of drug-likeness (QED) is 0.683. The Morgan fingerprint density at radius 3 is 2.53 bits per heavy atom. The molecule has 0 saturated heterocycles. The van der Waals surface area contributed by atoms with Crippen LogP contribution in [0.15, 0.2) is 24.3 Å². The van der Waals surface area contributed by atoms with Crippen molar-refractivity contribution in [1.82, 2.24) is 0 Å². The fourth-order valence-electron chi connectivity index (χ4n) is 1.93. The summed E-state index contributed by atoms with van der Waals surface area (Å²) in [7, 11) is 0. The van der Waals surface area contributed by atoms with Crippen molar-refractivity contribution in [2.24, 2.45) is 0 Å². The SMILES string of the molecule is CCN(CCCCCCO)c1cccc(O)c1. The van der Waals surface area contributed by atoms with Gasteiger partial charge in [0.1, 0.15) is 5.75 Å². The van der Waals surface area contributed by atoms with Crippen LogP contribution in [0.25, 0.3) is 0 Å². The Hall–Kier alpha value is -1.22. The molecule has 2 N–H and O–H groups in total. The number of hydrogen-bond acceptors (Lipinski definition) is 3. The van der Waals surface area contributed by atoms with Gasteiger partial charge in [-0.05, 0) is 31.9 Å². The average molecular weight is 237 g/mol. The van der Waals surface area contributed by atoms with Crippen LogP contribution in [0.3, 0.4) is 0 Å². The van der Waals surface area contributed by atoms with E-state index in [0.717, 1.165) is 44.5 Å². The highest BCUT2D eigenvalue weighted by Crippen LogP contribution is 2.20. The number of phenolic OH excluding ortho intramolecular Hbond substituents is 1. The molecule has 0 heterocycles. The Bertz CT molecular complexity index is 315. The minimum Gasteiger partial charge on any atom is -0.508 e. The summed E-state index contributed by atoms with van der Waals surface area (Å²) in [6.45, 7) is 4.37. The van der Waals surface area contributed by atoms with Crippen molar-refractivity contribution in [2.75, 3.05) is 24.6 Å². The molecule has 0 aromatic heterocycles. The van der Waals surface area contributed by atoms with Crippen LogP contribution in [0.1, 0.15) is 32.6 Å². The lowest BCUT2D eigenvalue weighted by Crippen LogP contribution is -2.23. The van der Waals surface area contributed by atoms with Gasteiger partial charge < -0.3 is 15.1 Å². The topological polar surface area (TPSA) is 43.7 Å². The van der Waals surface area contributed by atoms with Crippen molar-refractivity contribution < 1.29 is 10.2 Å². The van der Waals surface area contributed by atoms with E-state index in [2.05, 4.69) is 11.8 Å². The average Bonchev–Trinajstić information content (AvgIpc) is 2.34. The predicted octanol–water partition coefficient (Wildman–Crippen LogP) is 2.77. The molecule has 0 fully saturated rings. The van der Waals surface area contributed by atoms with E-state index >= 15 is 0 Å². The highest BCUT2D eigenvalue weighted by Gasteiger charge is 2.04. The van der Waals surface area contributed by atoms with Crippen molar-refractivity contribution in [3.8, 4) is 5.75 Å². The van der Waals surface area contributed by atoms with E-state index in [0.29, 0.717) is 12.4 Å². The van der Waals surface area contributed by atoms with Gasteiger partial charge in [-0.15, -0.1) is 0 Å².